The summed E-state index contributed by atoms with van der Waals surface area (Å²) in [5.41, 5.74) is 4.14. The Hall–Kier alpha value is -2.44. The summed E-state index contributed by atoms with van der Waals surface area (Å²) >= 11 is 0. The number of oxazole rings is 1. The Bertz CT molecular complexity index is 930. The van der Waals surface area contributed by atoms with Gasteiger partial charge in [0.1, 0.15) is 0 Å². The molecule has 6 nitrogen and oxygen atoms in total. The monoisotopic (exact) mass is 350 g/mol. The number of benzene rings is 1. The van der Waals surface area contributed by atoms with Crippen molar-refractivity contribution in [1.29, 1.82) is 0 Å². The van der Waals surface area contributed by atoms with Gasteiger partial charge in [0, 0.05) is 44.0 Å². The first-order valence-corrected chi connectivity index (χ1v) is 9.26. The van der Waals surface area contributed by atoms with Crippen LogP contribution in [0.5, 0.6) is 0 Å². The van der Waals surface area contributed by atoms with E-state index in [1.54, 1.807) is 0 Å². The van der Waals surface area contributed by atoms with Gasteiger partial charge in [-0.3, -0.25) is 0 Å². The van der Waals surface area contributed by atoms with Gasteiger partial charge in [-0.1, -0.05) is 24.3 Å². The molecule has 26 heavy (non-hydrogen) atoms. The molecule has 3 aliphatic rings. The lowest BCUT2D eigenvalue weighted by atomic mass is 10.0. The van der Waals surface area contributed by atoms with Crippen LogP contribution in [0.3, 0.4) is 0 Å². The lowest BCUT2D eigenvalue weighted by molar-refractivity contribution is 0.249. The fourth-order valence-electron chi connectivity index (χ4n) is 4.16. The van der Waals surface area contributed by atoms with Crippen LogP contribution in [0.25, 0.3) is 22.4 Å². The molecule has 0 unspecified atom stereocenters. The number of rotatable bonds is 3. The highest BCUT2D eigenvalue weighted by molar-refractivity contribution is 5.78. The second-order valence-electron chi connectivity index (χ2n) is 7.12. The van der Waals surface area contributed by atoms with Gasteiger partial charge in [-0.2, -0.15) is 4.98 Å². The van der Waals surface area contributed by atoms with E-state index >= 15 is 0 Å². The lowest BCUT2D eigenvalue weighted by Crippen LogP contribution is -2.38. The average molecular weight is 350 g/mol. The maximum atomic E-state index is 9.59. The normalized spacial score (nSPS) is 22.7. The Kier molecular flexibility index (Phi) is 3.87. The van der Waals surface area contributed by atoms with Gasteiger partial charge in [-0.05, 0) is 30.0 Å². The standard InChI is InChI=1S/C20H22N4O2/c25-13-14-3-1-2-4-17(14)15-11-18-19(21-12-15)22-20(26-18)24-10-9-23-7-5-16(24)6-8-23/h1-4,11-12,16,25H,5-10,13H2. The summed E-state index contributed by atoms with van der Waals surface area (Å²) in [5.74, 6) is 0. The second kappa shape index (κ2) is 6.37. The summed E-state index contributed by atoms with van der Waals surface area (Å²) in [6.45, 7) is 4.36. The van der Waals surface area contributed by atoms with Crippen LogP contribution in [0.4, 0.5) is 6.01 Å². The molecule has 3 aliphatic heterocycles. The van der Waals surface area contributed by atoms with Crippen molar-refractivity contribution in [2.24, 2.45) is 0 Å². The summed E-state index contributed by atoms with van der Waals surface area (Å²) in [5, 5.41) is 9.59. The van der Waals surface area contributed by atoms with Gasteiger partial charge >= 0.3 is 0 Å². The third kappa shape index (κ3) is 2.66. The summed E-state index contributed by atoms with van der Waals surface area (Å²) in [4.78, 5) is 14.0. The van der Waals surface area contributed by atoms with E-state index in [-0.39, 0.29) is 6.61 Å². The first-order valence-electron chi connectivity index (χ1n) is 9.26. The fourth-order valence-corrected chi connectivity index (χ4v) is 4.16. The highest BCUT2D eigenvalue weighted by atomic mass is 16.4. The molecule has 134 valence electrons. The van der Waals surface area contributed by atoms with Crippen molar-refractivity contribution in [3.05, 3.63) is 42.1 Å². The summed E-state index contributed by atoms with van der Waals surface area (Å²) < 4.78 is 6.12. The fraction of sp³-hybridized carbons (Fsp3) is 0.400. The van der Waals surface area contributed by atoms with Gasteiger partial charge in [-0.25, -0.2) is 4.98 Å². The van der Waals surface area contributed by atoms with Crippen LogP contribution in [-0.4, -0.2) is 52.2 Å². The topological polar surface area (TPSA) is 65.6 Å². The minimum Gasteiger partial charge on any atom is -0.422 e. The Balaban J connectivity index is 1.52. The van der Waals surface area contributed by atoms with Crippen LogP contribution in [0.2, 0.25) is 0 Å². The molecule has 1 aromatic carbocycles. The van der Waals surface area contributed by atoms with Crippen LogP contribution in [0.1, 0.15) is 18.4 Å². The molecule has 6 rings (SSSR count). The van der Waals surface area contributed by atoms with Crippen molar-refractivity contribution in [3.8, 4) is 11.1 Å². The zero-order valence-corrected chi connectivity index (χ0v) is 14.6. The zero-order chi connectivity index (χ0) is 17.5. The third-order valence-electron chi connectivity index (χ3n) is 5.64. The number of nitrogens with zero attached hydrogens (tertiary/aromatic N) is 4. The molecule has 2 bridgehead atoms. The van der Waals surface area contributed by atoms with Gasteiger partial charge in [0.25, 0.3) is 6.01 Å². The Morgan fingerprint density at radius 1 is 1.12 bits per heavy atom. The van der Waals surface area contributed by atoms with E-state index in [4.69, 9.17) is 4.42 Å². The van der Waals surface area contributed by atoms with Crippen molar-refractivity contribution < 1.29 is 9.52 Å². The van der Waals surface area contributed by atoms with Crippen LogP contribution in [-0.2, 0) is 6.61 Å². The van der Waals surface area contributed by atoms with Crippen molar-refractivity contribution in [1.82, 2.24) is 14.9 Å². The summed E-state index contributed by atoms with van der Waals surface area (Å²) in [7, 11) is 0. The maximum Gasteiger partial charge on any atom is 0.300 e. The number of aliphatic hydroxyl groups excluding tert-OH is 1. The number of hydrogen-bond donors (Lipinski definition) is 1. The predicted molar refractivity (Wildman–Crippen MR) is 100.0 cm³/mol. The molecule has 3 saturated heterocycles. The highest BCUT2D eigenvalue weighted by Crippen LogP contribution is 2.31. The largest absolute Gasteiger partial charge is 0.422 e. The van der Waals surface area contributed by atoms with Crippen molar-refractivity contribution >= 4 is 17.2 Å². The number of hydrogen-bond acceptors (Lipinski definition) is 6. The number of piperidine rings is 1. The number of aromatic nitrogens is 2. The van der Waals surface area contributed by atoms with Crippen molar-refractivity contribution in [2.45, 2.75) is 25.5 Å². The van der Waals surface area contributed by atoms with Gasteiger partial charge in [0.15, 0.2) is 5.58 Å². The lowest BCUT2D eigenvalue weighted by Gasteiger charge is -2.30. The van der Waals surface area contributed by atoms with Crippen LogP contribution in [0, 0.1) is 0 Å². The predicted octanol–water partition coefficient (Wildman–Crippen LogP) is 2.67. The van der Waals surface area contributed by atoms with E-state index in [9.17, 15) is 5.11 Å². The van der Waals surface area contributed by atoms with E-state index < -0.39 is 0 Å². The maximum absolute atomic E-state index is 9.59. The number of aliphatic hydroxyl groups is 1. The Morgan fingerprint density at radius 3 is 2.81 bits per heavy atom. The highest BCUT2D eigenvalue weighted by Gasteiger charge is 2.31. The third-order valence-corrected chi connectivity index (χ3v) is 5.64. The number of anilines is 1. The quantitative estimate of drug-likeness (QED) is 0.783. The molecular formula is C20H22N4O2. The van der Waals surface area contributed by atoms with E-state index in [0.717, 1.165) is 29.8 Å². The molecule has 1 N–H and O–H groups in total. The van der Waals surface area contributed by atoms with Crippen LogP contribution in [0.15, 0.2) is 40.9 Å². The van der Waals surface area contributed by atoms with Gasteiger partial charge < -0.3 is 19.3 Å². The smallest absolute Gasteiger partial charge is 0.300 e. The molecule has 0 saturated carbocycles. The Morgan fingerprint density at radius 2 is 1.96 bits per heavy atom. The Labute approximate surface area is 152 Å². The van der Waals surface area contributed by atoms with Gasteiger partial charge in [0.05, 0.1) is 6.61 Å². The molecule has 5 heterocycles. The molecule has 0 atom stereocenters. The average Bonchev–Trinajstić information content (AvgIpc) is 2.88. The molecule has 2 aromatic heterocycles. The van der Waals surface area contributed by atoms with Gasteiger partial charge in [0.2, 0.25) is 5.65 Å². The van der Waals surface area contributed by atoms with E-state index in [1.807, 2.05) is 36.5 Å². The summed E-state index contributed by atoms with van der Waals surface area (Å²) in [6.07, 6.45) is 4.14. The SMILES string of the molecule is OCc1ccccc1-c1cnc2nc(N3CCN4CCC3CC4)oc2c1. The van der Waals surface area contributed by atoms with Crippen molar-refractivity contribution in [3.63, 3.8) is 0 Å². The van der Waals surface area contributed by atoms with E-state index in [2.05, 4.69) is 19.8 Å². The van der Waals surface area contributed by atoms with Crippen molar-refractivity contribution in [2.75, 3.05) is 31.1 Å². The second-order valence-corrected chi connectivity index (χ2v) is 7.12. The van der Waals surface area contributed by atoms with Crippen LogP contribution < -0.4 is 4.90 Å². The molecule has 0 spiro atoms. The first kappa shape index (κ1) is 15.8. The molecule has 3 aromatic rings. The molecule has 3 fully saturated rings. The van der Waals surface area contributed by atoms with E-state index in [0.29, 0.717) is 23.3 Å². The minimum atomic E-state index is 0.00181. The molecule has 0 amide bonds. The first-order chi connectivity index (χ1) is 12.8. The molecular weight excluding hydrogens is 328 g/mol. The number of pyridine rings is 1. The minimum absolute atomic E-state index is 0.00181. The zero-order valence-electron chi connectivity index (χ0n) is 14.6. The molecule has 0 radical (unpaired) electrons. The summed E-state index contributed by atoms with van der Waals surface area (Å²) in [6, 6.07) is 11.0. The van der Waals surface area contributed by atoms with Gasteiger partial charge in [-0.15, -0.1) is 0 Å². The molecule has 0 aliphatic carbocycles. The number of fused-ring (bicyclic) bond motifs is 5. The van der Waals surface area contributed by atoms with Crippen LogP contribution >= 0.6 is 0 Å². The van der Waals surface area contributed by atoms with E-state index in [1.165, 1.54) is 25.9 Å². The molecule has 6 heteroatoms.